The Kier molecular flexibility index (Phi) is 1.36. The van der Waals surface area contributed by atoms with Crippen LogP contribution >= 0.6 is 0 Å². The van der Waals surface area contributed by atoms with Gasteiger partial charge in [0.1, 0.15) is 0 Å². The molecule has 3 fully saturated rings. The number of hydrogen-bond donors (Lipinski definition) is 1. The maximum absolute atomic E-state index is 11.1. The van der Waals surface area contributed by atoms with Crippen molar-refractivity contribution in [3.05, 3.63) is 0 Å². The fourth-order valence-electron chi connectivity index (χ4n) is 3.63. The molecule has 1 heterocycles. The van der Waals surface area contributed by atoms with Crippen molar-refractivity contribution < 1.29 is 14.6 Å². The van der Waals surface area contributed by atoms with Crippen LogP contribution in [0.3, 0.4) is 0 Å². The minimum Gasteiger partial charge on any atom is -0.481 e. The van der Waals surface area contributed by atoms with E-state index in [1.54, 1.807) is 0 Å². The predicted octanol–water partition coefficient (Wildman–Crippen LogP) is 1.28. The van der Waals surface area contributed by atoms with Crippen LogP contribution in [0.1, 0.15) is 25.7 Å². The van der Waals surface area contributed by atoms with E-state index in [4.69, 9.17) is 9.84 Å². The Hall–Kier alpha value is -0.570. The van der Waals surface area contributed by atoms with Gasteiger partial charge >= 0.3 is 5.97 Å². The van der Waals surface area contributed by atoms with E-state index in [0.717, 1.165) is 25.9 Å². The fourth-order valence-corrected chi connectivity index (χ4v) is 3.63. The van der Waals surface area contributed by atoms with Crippen LogP contribution in [0, 0.1) is 17.3 Å². The molecular formula is C10H14O3. The Morgan fingerprint density at radius 3 is 2.77 bits per heavy atom. The van der Waals surface area contributed by atoms with Crippen LogP contribution in [-0.4, -0.2) is 23.8 Å². The maximum atomic E-state index is 11.1. The molecule has 1 spiro atoms. The second kappa shape index (κ2) is 2.27. The van der Waals surface area contributed by atoms with Gasteiger partial charge in [-0.25, -0.2) is 0 Å². The smallest absolute Gasteiger partial charge is 0.307 e. The summed E-state index contributed by atoms with van der Waals surface area (Å²) in [5.41, 5.74) is 0.0625. The van der Waals surface area contributed by atoms with Crippen LogP contribution in [0.25, 0.3) is 0 Å². The van der Waals surface area contributed by atoms with Gasteiger partial charge in [0.25, 0.3) is 0 Å². The van der Waals surface area contributed by atoms with Crippen molar-refractivity contribution in [1.82, 2.24) is 0 Å². The summed E-state index contributed by atoms with van der Waals surface area (Å²) >= 11 is 0. The lowest BCUT2D eigenvalue weighted by atomic mass is 9.43. The van der Waals surface area contributed by atoms with E-state index >= 15 is 0 Å². The van der Waals surface area contributed by atoms with Gasteiger partial charge < -0.3 is 9.84 Å². The second-order valence-electron chi connectivity index (χ2n) is 4.65. The number of fused-ring (bicyclic) bond motifs is 2. The van der Waals surface area contributed by atoms with Crippen LogP contribution in [-0.2, 0) is 9.53 Å². The molecule has 72 valence electrons. The van der Waals surface area contributed by atoms with Crippen LogP contribution in [0.2, 0.25) is 0 Å². The number of carboxylic acid groups (broad SMARTS) is 1. The minimum atomic E-state index is -0.591. The van der Waals surface area contributed by atoms with E-state index in [-0.39, 0.29) is 11.3 Å². The molecule has 0 aromatic carbocycles. The minimum absolute atomic E-state index is 0.0625. The molecule has 0 radical (unpaired) electrons. The van der Waals surface area contributed by atoms with Crippen molar-refractivity contribution in [2.75, 3.05) is 6.61 Å². The molecule has 13 heavy (non-hydrogen) atoms. The first-order chi connectivity index (χ1) is 6.26. The molecular weight excluding hydrogens is 168 g/mol. The molecule has 2 aliphatic carbocycles. The highest BCUT2D eigenvalue weighted by Crippen LogP contribution is 2.66. The van der Waals surface area contributed by atoms with Gasteiger partial charge in [0.2, 0.25) is 0 Å². The normalized spacial score (nSPS) is 45.1. The number of hydrogen-bond acceptors (Lipinski definition) is 2. The molecule has 3 atom stereocenters. The second-order valence-corrected chi connectivity index (χ2v) is 4.65. The van der Waals surface area contributed by atoms with Crippen LogP contribution < -0.4 is 0 Å². The van der Waals surface area contributed by atoms with E-state index in [2.05, 4.69) is 0 Å². The van der Waals surface area contributed by atoms with E-state index in [0.29, 0.717) is 12.0 Å². The van der Waals surface area contributed by atoms with Gasteiger partial charge in [-0.15, -0.1) is 0 Å². The van der Waals surface area contributed by atoms with Gasteiger partial charge in [0.15, 0.2) is 0 Å². The lowest BCUT2D eigenvalue weighted by Crippen LogP contribution is -2.65. The lowest BCUT2D eigenvalue weighted by molar-refractivity contribution is -0.214. The molecule has 3 rings (SSSR count). The van der Waals surface area contributed by atoms with Gasteiger partial charge in [0, 0.05) is 17.9 Å². The Bertz CT molecular complexity index is 257. The number of carbonyl (C=O) groups is 1. The fraction of sp³-hybridized carbons (Fsp3) is 0.900. The molecule has 1 saturated heterocycles. The molecule has 0 bridgehead atoms. The van der Waals surface area contributed by atoms with E-state index in [9.17, 15) is 4.79 Å². The number of carboxylic acids is 1. The number of aliphatic carboxylic acids is 1. The molecule has 3 unspecified atom stereocenters. The number of ether oxygens (including phenoxy) is 1. The first-order valence-electron chi connectivity index (χ1n) is 5.10. The van der Waals surface area contributed by atoms with Crippen molar-refractivity contribution >= 4 is 5.97 Å². The van der Waals surface area contributed by atoms with Gasteiger partial charge in [-0.1, -0.05) is 6.42 Å². The highest BCUT2D eigenvalue weighted by molar-refractivity contribution is 5.74. The van der Waals surface area contributed by atoms with E-state index in [1.165, 1.54) is 6.42 Å². The summed E-state index contributed by atoms with van der Waals surface area (Å²) in [7, 11) is 0. The molecule has 0 aromatic heterocycles. The molecule has 0 amide bonds. The van der Waals surface area contributed by atoms with Crippen molar-refractivity contribution in [3.8, 4) is 0 Å². The predicted molar refractivity (Wildman–Crippen MR) is 45.3 cm³/mol. The van der Waals surface area contributed by atoms with Crippen LogP contribution in [0.5, 0.6) is 0 Å². The molecule has 0 aromatic rings. The zero-order valence-corrected chi connectivity index (χ0v) is 7.53. The molecule has 3 aliphatic rings. The van der Waals surface area contributed by atoms with Gasteiger partial charge in [0.05, 0.1) is 12.0 Å². The summed E-state index contributed by atoms with van der Waals surface area (Å²) in [6.07, 6.45) is 4.60. The first-order valence-corrected chi connectivity index (χ1v) is 5.10. The van der Waals surface area contributed by atoms with Gasteiger partial charge in [-0.05, 0) is 19.3 Å². The monoisotopic (exact) mass is 182 g/mol. The summed E-state index contributed by atoms with van der Waals surface area (Å²) in [6.45, 7) is 0.779. The largest absolute Gasteiger partial charge is 0.481 e. The van der Waals surface area contributed by atoms with E-state index < -0.39 is 5.97 Å². The summed E-state index contributed by atoms with van der Waals surface area (Å²) < 4.78 is 5.63. The summed E-state index contributed by atoms with van der Waals surface area (Å²) in [5, 5.41) is 9.13. The van der Waals surface area contributed by atoms with Crippen molar-refractivity contribution in [1.29, 1.82) is 0 Å². The third-order valence-corrected chi connectivity index (χ3v) is 4.30. The van der Waals surface area contributed by atoms with Crippen molar-refractivity contribution in [2.45, 2.75) is 31.8 Å². The zero-order chi connectivity index (χ0) is 9.05. The molecule has 3 nitrogen and oxygen atoms in total. The summed E-state index contributed by atoms with van der Waals surface area (Å²) in [5.74, 6) is -0.349. The van der Waals surface area contributed by atoms with E-state index in [1.807, 2.05) is 0 Å². The maximum Gasteiger partial charge on any atom is 0.307 e. The third kappa shape index (κ3) is 0.725. The SMILES string of the molecule is O=C(O)C1C2CCOC2C12CCC2. The molecule has 3 heteroatoms. The lowest BCUT2D eigenvalue weighted by Gasteiger charge is -2.61. The van der Waals surface area contributed by atoms with Crippen molar-refractivity contribution in [3.63, 3.8) is 0 Å². The quantitative estimate of drug-likeness (QED) is 0.664. The van der Waals surface area contributed by atoms with Crippen LogP contribution in [0.15, 0.2) is 0 Å². The van der Waals surface area contributed by atoms with Crippen LogP contribution in [0.4, 0.5) is 0 Å². The third-order valence-electron chi connectivity index (χ3n) is 4.30. The van der Waals surface area contributed by atoms with Crippen molar-refractivity contribution in [2.24, 2.45) is 17.3 Å². The average molecular weight is 182 g/mol. The highest BCUT2D eigenvalue weighted by Gasteiger charge is 2.69. The first kappa shape index (κ1) is 7.80. The summed E-state index contributed by atoms with van der Waals surface area (Å²) in [4.78, 5) is 11.1. The Labute approximate surface area is 77.1 Å². The molecule has 2 saturated carbocycles. The Balaban J connectivity index is 1.89. The molecule has 1 N–H and O–H groups in total. The average Bonchev–Trinajstić information content (AvgIpc) is 2.30. The van der Waals surface area contributed by atoms with Gasteiger partial charge in [-0.3, -0.25) is 4.79 Å². The summed E-state index contributed by atoms with van der Waals surface area (Å²) in [6, 6.07) is 0. The Morgan fingerprint density at radius 2 is 2.23 bits per heavy atom. The van der Waals surface area contributed by atoms with Gasteiger partial charge in [-0.2, -0.15) is 0 Å². The number of rotatable bonds is 1. The topological polar surface area (TPSA) is 46.5 Å². The molecule has 1 aliphatic heterocycles. The standard InChI is InChI=1S/C10H14O3/c11-9(12)7-6-2-5-13-8(6)10(7)3-1-4-10/h6-8H,1-5H2,(H,11,12). The zero-order valence-electron chi connectivity index (χ0n) is 7.53. The Morgan fingerprint density at radius 1 is 1.46 bits per heavy atom. The highest BCUT2D eigenvalue weighted by atomic mass is 16.5.